The zero-order valence-electron chi connectivity index (χ0n) is 16.9. The Kier molecular flexibility index (Phi) is 8.78. The summed E-state index contributed by atoms with van der Waals surface area (Å²) in [5, 5.41) is 14.3. The topological polar surface area (TPSA) is 84.4 Å². The van der Waals surface area contributed by atoms with E-state index in [1.165, 1.54) is 0 Å². The molecule has 2 aromatic rings. The van der Waals surface area contributed by atoms with E-state index >= 15 is 0 Å². The van der Waals surface area contributed by atoms with E-state index in [1.54, 1.807) is 7.11 Å². The maximum Gasteiger partial charge on any atom is 0.258 e. The quantitative estimate of drug-likeness (QED) is 0.549. The van der Waals surface area contributed by atoms with E-state index in [0.29, 0.717) is 11.5 Å². The van der Waals surface area contributed by atoms with Gasteiger partial charge in [0.2, 0.25) is 0 Å². The second-order valence-electron chi connectivity index (χ2n) is 6.76. The number of nitrogens with two attached hydrogens (primary N) is 1. The van der Waals surface area contributed by atoms with Gasteiger partial charge in [-0.15, -0.1) is 0 Å². The number of carbonyl (C=O) groups is 1. The first-order valence-electron chi connectivity index (χ1n) is 9.65. The van der Waals surface area contributed by atoms with E-state index < -0.39 is 0 Å². The molecular weight excluding hydrogens is 356 g/mol. The lowest BCUT2D eigenvalue weighted by molar-refractivity contribution is -0.706. The monoisotopic (exact) mass is 387 g/mol. The Bertz CT molecular complexity index is 733. The molecule has 0 spiro atoms. The van der Waals surface area contributed by atoms with Crippen LogP contribution in [0.3, 0.4) is 0 Å². The number of ether oxygens (including phenoxy) is 2. The third-order valence-corrected chi connectivity index (χ3v) is 4.71. The molecule has 0 unspecified atom stereocenters. The summed E-state index contributed by atoms with van der Waals surface area (Å²) in [5.74, 6) is 0.930. The largest absolute Gasteiger partial charge is 0.493 e. The third-order valence-electron chi connectivity index (χ3n) is 4.71. The van der Waals surface area contributed by atoms with E-state index in [9.17, 15) is 9.90 Å². The minimum atomic E-state index is -0.190. The summed E-state index contributed by atoms with van der Waals surface area (Å²) >= 11 is 0. The minimum absolute atomic E-state index is 0.0819. The first kappa shape index (κ1) is 21.7. The van der Waals surface area contributed by atoms with Crippen LogP contribution >= 0.6 is 0 Å². The number of methoxy groups -OCH3 is 1. The van der Waals surface area contributed by atoms with Crippen LogP contribution in [0.15, 0.2) is 48.5 Å². The molecule has 0 saturated heterocycles. The number of quaternary nitrogens is 1. The van der Waals surface area contributed by atoms with Crippen molar-refractivity contribution in [3.63, 3.8) is 0 Å². The number of hydrogen-bond acceptors (Lipinski definition) is 4. The normalized spacial score (nSPS) is 12.9. The van der Waals surface area contributed by atoms with Crippen molar-refractivity contribution < 1.29 is 24.7 Å². The van der Waals surface area contributed by atoms with Crippen LogP contribution in [-0.2, 0) is 11.3 Å². The van der Waals surface area contributed by atoms with Crippen molar-refractivity contribution in [2.24, 2.45) is 0 Å². The standard InChI is InChI=1S/C22H30N2O4/c1-4-19(14-25)23-13-17-10-11-20(21(12-17)27-3)28-15-22(26)24-16(2)18-8-6-5-7-9-18/h5-12,16,19,23,25H,4,13-15H2,1-3H3,(H,24,26)/p+1/t16-,19+/m1/s1. The maximum atomic E-state index is 12.2. The molecule has 0 radical (unpaired) electrons. The Morgan fingerprint density at radius 3 is 2.57 bits per heavy atom. The second kappa shape index (κ2) is 11.3. The molecule has 0 heterocycles. The van der Waals surface area contributed by atoms with Crippen LogP contribution < -0.4 is 20.1 Å². The van der Waals surface area contributed by atoms with Gasteiger partial charge >= 0.3 is 0 Å². The summed E-state index contributed by atoms with van der Waals surface area (Å²) in [6.45, 7) is 4.81. The highest BCUT2D eigenvalue weighted by Crippen LogP contribution is 2.27. The van der Waals surface area contributed by atoms with Crippen molar-refractivity contribution >= 4 is 5.91 Å². The number of aliphatic hydroxyl groups excluding tert-OH is 1. The molecule has 2 rings (SSSR count). The number of hydrogen-bond donors (Lipinski definition) is 3. The second-order valence-corrected chi connectivity index (χ2v) is 6.76. The molecule has 4 N–H and O–H groups in total. The van der Waals surface area contributed by atoms with E-state index in [1.807, 2.05) is 55.5 Å². The van der Waals surface area contributed by atoms with Gasteiger partial charge < -0.3 is 25.2 Å². The van der Waals surface area contributed by atoms with Crippen LogP contribution in [0, 0.1) is 0 Å². The molecule has 1 amide bonds. The molecule has 28 heavy (non-hydrogen) atoms. The van der Waals surface area contributed by atoms with Crippen LogP contribution in [0.25, 0.3) is 0 Å². The van der Waals surface area contributed by atoms with Crippen LogP contribution in [0.5, 0.6) is 11.5 Å². The van der Waals surface area contributed by atoms with Crippen molar-refractivity contribution in [1.29, 1.82) is 0 Å². The molecule has 152 valence electrons. The number of benzene rings is 2. The zero-order valence-corrected chi connectivity index (χ0v) is 16.9. The Labute approximate surface area is 166 Å². The Hall–Kier alpha value is -2.57. The van der Waals surface area contributed by atoms with Crippen molar-refractivity contribution in [2.45, 2.75) is 38.9 Å². The molecule has 0 aliphatic rings. The van der Waals surface area contributed by atoms with Crippen LogP contribution in [-0.4, -0.2) is 37.4 Å². The molecule has 6 heteroatoms. The first-order chi connectivity index (χ1) is 13.6. The summed E-state index contributed by atoms with van der Waals surface area (Å²) in [5.41, 5.74) is 2.11. The molecule has 0 aliphatic carbocycles. The van der Waals surface area contributed by atoms with Gasteiger partial charge in [0.25, 0.3) is 5.91 Å². The number of amides is 1. The lowest BCUT2D eigenvalue weighted by Crippen LogP contribution is -2.89. The number of rotatable bonds is 11. The fourth-order valence-corrected chi connectivity index (χ4v) is 2.88. The molecule has 0 fully saturated rings. The predicted molar refractivity (Wildman–Crippen MR) is 108 cm³/mol. The molecule has 0 aliphatic heterocycles. The molecule has 0 saturated carbocycles. The Morgan fingerprint density at radius 1 is 1.18 bits per heavy atom. The molecule has 2 aromatic carbocycles. The maximum absolute atomic E-state index is 12.2. The van der Waals surface area contributed by atoms with E-state index in [0.717, 1.165) is 24.1 Å². The lowest BCUT2D eigenvalue weighted by atomic mass is 10.1. The van der Waals surface area contributed by atoms with Crippen molar-refractivity contribution in [3.8, 4) is 11.5 Å². The fourth-order valence-electron chi connectivity index (χ4n) is 2.88. The number of nitrogens with one attached hydrogen (secondary N) is 1. The average Bonchev–Trinajstić information content (AvgIpc) is 2.73. The lowest BCUT2D eigenvalue weighted by Gasteiger charge is -2.16. The molecule has 0 aromatic heterocycles. The molecule has 0 bridgehead atoms. The summed E-state index contributed by atoms with van der Waals surface area (Å²) in [6, 6.07) is 15.6. The third kappa shape index (κ3) is 6.55. The van der Waals surface area contributed by atoms with Gasteiger partial charge in [-0.25, -0.2) is 0 Å². The first-order valence-corrected chi connectivity index (χ1v) is 9.65. The van der Waals surface area contributed by atoms with E-state index in [2.05, 4.69) is 17.6 Å². The summed E-state index contributed by atoms with van der Waals surface area (Å²) < 4.78 is 11.1. The fraction of sp³-hybridized carbons (Fsp3) is 0.409. The SMILES string of the molecule is CC[C@@H](CO)[NH2+]Cc1ccc(OCC(=O)N[C@H](C)c2ccccc2)c(OC)c1. The van der Waals surface area contributed by atoms with Crippen molar-refractivity contribution in [2.75, 3.05) is 20.3 Å². The van der Waals surface area contributed by atoms with Gasteiger partial charge in [-0.2, -0.15) is 0 Å². The minimum Gasteiger partial charge on any atom is -0.493 e. The van der Waals surface area contributed by atoms with Gasteiger partial charge in [0.1, 0.15) is 12.6 Å². The van der Waals surface area contributed by atoms with Gasteiger partial charge in [0.15, 0.2) is 18.1 Å². The average molecular weight is 388 g/mol. The number of aliphatic hydroxyl groups is 1. The van der Waals surface area contributed by atoms with Gasteiger partial charge in [0, 0.05) is 5.56 Å². The van der Waals surface area contributed by atoms with Gasteiger partial charge in [-0.05, 0) is 37.1 Å². The highest BCUT2D eigenvalue weighted by molar-refractivity contribution is 5.78. The summed E-state index contributed by atoms with van der Waals surface area (Å²) in [4.78, 5) is 12.2. The van der Waals surface area contributed by atoms with Crippen molar-refractivity contribution in [3.05, 3.63) is 59.7 Å². The zero-order chi connectivity index (χ0) is 20.4. The van der Waals surface area contributed by atoms with Gasteiger partial charge in [-0.3, -0.25) is 4.79 Å². The molecule has 6 nitrogen and oxygen atoms in total. The Balaban J connectivity index is 1.89. The number of carbonyl (C=O) groups excluding carboxylic acids is 1. The Morgan fingerprint density at radius 2 is 1.93 bits per heavy atom. The predicted octanol–water partition coefficient (Wildman–Crippen LogP) is 1.79. The van der Waals surface area contributed by atoms with E-state index in [4.69, 9.17) is 9.47 Å². The molecular formula is C22H31N2O4+. The smallest absolute Gasteiger partial charge is 0.258 e. The van der Waals surface area contributed by atoms with E-state index in [-0.39, 0.29) is 31.2 Å². The van der Waals surface area contributed by atoms with Gasteiger partial charge in [0.05, 0.1) is 19.8 Å². The van der Waals surface area contributed by atoms with Gasteiger partial charge in [-0.1, -0.05) is 37.3 Å². The van der Waals surface area contributed by atoms with Crippen LogP contribution in [0.1, 0.15) is 37.4 Å². The van der Waals surface area contributed by atoms with Crippen LogP contribution in [0.4, 0.5) is 0 Å². The summed E-state index contributed by atoms with van der Waals surface area (Å²) in [7, 11) is 1.58. The van der Waals surface area contributed by atoms with Crippen molar-refractivity contribution in [1.82, 2.24) is 5.32 Å². The highest BCUT2D eigenvalue weighted by atomic mass is 16.5. The highest BCUT2D eigenvalue weighted by Gasteiger charge is 2.13. The summed E-state index contributed by atoms with van der Waals surface area (Å²) in [6.07, 6.45) is 0.908. The molecule has 2 atom stereocenters. The van der Waals surface area contributed by atoms with Crippen LogP contribution in [0.2, 0.25) is 0 Å².